The Morgan fingerprint density at radius 3 is 2.73 bits per heavy atom. The van der Waals surface area contributed by atoms with E-state index in [4.69, 9.17) is 15.2 Å². The van der Waals surface area contributed by atoms with Crippen LogP contribution in [-0.2, 0) is 9.47 Å². The van der Waals surface area contributed by atoms with Gasteiger partial charge in [-0.2, -0.15) is 0 Å². The molecule has 15 heavy (non-hydrogen) atoms. The Kier molecular flexibility index (Phi) is 4.42. The summed E-state index contributed by atoms with van der Waals surface area (Å²) in [6.07, 6.45) is 7.56. The number of hydrogen-bond donors (Lipinski definition) is 1. The molecule has 3 unspecified atom stereocenters. The highest BCUT2D eigenvalue weighted by Crippen LogP contribution is 2.23. The normalized spacial score (nSPS) is 35.0. The van der Waals surface area contributed by atoms with Crippen LogP contribution >= 0.6 is 0 Å². The van der Waals surface area contributed by atoms with Gasteiger partial charge in [-0.05, 0) is 44.4 Å². The molecule has 0 aromatic rings. The second-order valence-electron chi connectivity index (χ2n) is 4.87. The molecule has 0 aliphatic carbocycles. The third-order valence-electron chi connectivity index (χ3n) is 3.61. The molecule has 3 nitrogen and oxygen atoms in total. The SMILES string of the molecule is NC(CC1CCCCO1)C1CCCOC1. The van der Waals surface area contributed by atoms with Crippen LogP contribution in [0.25, 0.3) is 0 Å². The summed E-state index contributed by atoms with van der Waals surface area (Å²) in [5.41, 5.74) is 6.22. The lowest BCUT2D eigenvalue weighted by Crippen LogP contribution is -2.39. The van der Waals surface area contributed by atoms with Gasteiger partial charge in [-0.1, -0.05) is 0 Å². The maximum Gasteiger partial charge on any atom is 0.0590 e. The minimum Gasteiger partial charge on any atom is -0.381 e. The summed E-state index contributed by atoms with van der Waals surface area (Å²) in [4.78, 5) is 0. The maximum atomic E-state index is 6.22. The van der Waals surface area contributed by atoms with Crippen LogP contribution in [0.3, 0.4) is 0 Å². The van der Waals surface area contributed by atoms with Crippen LogP contribution < -0.4 is 5.73 Å². The molecule has 88 valence electrons. The van der Waals surface area contributed by atoms with Crippen molar-refractivity contribution in [3.05, 3.63) is 0 Å². The zero-order valence-corrected chi connectivity index (χ0v) is 9.49. The van der Waals surface area contributed by atoms with Gasteiger partial charge < -0.3 is 15.2 Å². The first kappa shape index (κ1) is 11.4. The summed E-state index contributed by atoms with van der Waals surface area (Å²) >= 11 is 0. The fraction of sp³-hybridized carbons (Fsp3) is 1.00. The van der Waals surface area contributed by atoms with Crippen molar-refractivity contribution in [3.8, 4) is 0 Å². The van der Waals surface area contributed by atoms with E-state index in [0.717, 1.165) is 26.2 Å². The average Bonchev–Trinajstić information content (AvgIpc) is 2.31. The Bertz CT molecular complexity index is 174. The number of ether oxygens (including phenoxy) is 2. The standard InChI is InChI=1S/C12H23NO2/c13-12(10-4-3-6-14-9-10)8-11-5-1-2-7-15-11/h10-12H,1-9,13H2. The fourth-order valence-electron chi connectivity index (χ4n) is 2.59. The van der Waals surface area contributed by atoms with E-state index in [1.807, 2.05) is 0 Å². The molecule has 3 atom stereocenters. The van der Waals surface area contributed by atoms with E-state index in [0.29, 0.717) is 12.0 Å². The molecule has 3 heteroatoms. The van der Waals surface area contributed by atoms with Crippen molar-refractivity contribution in [1.29, 1.82) is 0 Å². The summed E-state index contributed by atoms with van der Waals surface area (Å²) in [5.74, 6) is 0.560. The molecule has 0 spiro atoms. The van der Waals surface area contributed by atoms with E-state index in [1.54, 1.807) is 0 Å². The summed E-state index contributed by atoms with van der Waals surface area (Å²) in [7, 11) is 0. The van der Waals surface area contributed by atoms with E-state index < -0.39 is 0 Å². The van der Waals surface area contributed by atoms with Gasteiger partial charge in [0.25, 0.3) is 0 Å². The van der Waals surface area contributed by atoms with Crippen LogP contribution in [0.4, 0.5) is 0 Å². The first-order valence-electron chi connectivity index (χ1n) is 6.31. The van der Waals surface area contributed by atoms with E-state index in [1.165, 1.54) is 32.1 Å². The second-order valence-corrected chi connectivity index (χ2v) is 4.87. The predicted molar refractivity (Wildman–Crippen MR) is 59.7 cm³/mol. The predicted octanol–water partition coefficient (Wildman–Crippen LogP) is 1.70. The molecule has 2 fully saturated rings. The van der Waals surface area contributed by atoms with E-state index in [9.17, 15) is 0 Å². The Hall–Kier alpha value is -0.120. The quantitative estimate of drug-likeness (QED) is 0.776. The summed E-state index contributed by atoms with van der Waals surface area (Å²) in [6.45, 7) is 2.70. The van der Waals surface area contributed by atoms with Gasteiger partial charge in [-0.15, -0.1) is 0 Å². The molecule has 0 aromatic carbocycles. The third kappa shape index (κ3) is 3.44. The lowest BCUT2D eigenvalue weighted by molar-refractivity contribution is -0.00826. The van der Waals surface area contributed by atoms with Crippen molar-refractivity contribution in [3.63, 3.8) is 0 Å². The molecule has 2 N–H and O–H groups in total. The molecule has 2 aliphatic heterocycles. The zero-order valence-electron chi connectivity index (χ0n) is 9.49. The summed E-state index contributed by atoms with van der Waals surface area (Å²) in [6, 6.07) is 0.272. The summed E-state index contributed by atoms with van der Waals surface area (Å²) < 4.78 is 11.2. The zero-order chi connectivity index (χ0) is 10.5. The Morgan fingerprint density at radius 1 is 1.13 bits per heavy atom. The Labute approximate surface area is 92.3 Å². The van der Waals surface area contributed by atoms with Crippen LogP contribution in [0.1, 0.15) is 38.5 Å². The van der Waals surface area contributed by atoms with Crippen molar-refractivity contribution in [2.24, 2.45) is 11.7 Å². The van der Waals surface area contributed by atoms with Gasteiger partial charge in [0.15, 0.2) is 0 Å². The molecule has 0 saturated carbocycles. The van der Waals surface area contributed by atoms with Gasteiger partial charge in [0.05, 0.1) is 12.7 Å². The Balaban J connectivity index is 1.72. The van der Waals surface area contributed by atoms with Crippen molar-refractivity contribution < 1.29 is 9.47 Å². The highest BCUT2D eigenvalue weighted by molar-refractivity contribution is 4.79. The van der Waals surface area contributed by atoms with Crippen LogP contribution in [-0.4, -0.2) is 32.0 Å². The third-order valence-corrected chi connectivity index (χ3v) is 3.61. The number of nitrogens with two attached hydrogens (primary N) is 1. The molecule has 2 rings (SSSR count). The molecule has 2 aliphatic rings. The minimum absolute atomic E-state index is 0.272. The lowest BCUT2D eigenvalue weighted by Gasteiger charge is -2.31. The molecule has 0 radical (unpaired) electrons. The molecule has 0 aromatic heterocycles. The van der Waals surface area contributed by atoms with Crippen molar-refractivity contribution >= 4 is 0 Å². The van der Waals surface area contributed by atoms with Crippen LogP contribution in [0.15, 0.2) is 0 Å². The number of rotatable bonds is 3. The van der Waals surface area contributed by atoms with Gasteiger partial charge in [-0.3, -0.25) is 0 Å². The van der Waals surface area contributed by atoms with E-state index in [2.05, 4.69) is 0 Å². The Morgan fingerprint density at radius 2 is 2.07 bits per heavy atom. The molecule has 2 saturated heterocycles. The van der Waals surface area contributed by atoms with E-state index in [-0.39, 0.29) is 6.04 Å². The van der Waals surface area contributed by atoms with Crippen molar-refractivity contribution in [2.75, 3.05) is 19.8 Å². The topological polar surface area (TPSA) is 44.5 Å². The molecule has 0 amide bonds. The van der Waals surface area contributed by atoms with E-state index >= 15 is 0 Å². The average molecular weight is 213 g/mol. The highest BCUT2D eigenvalue weighted by atomic mass is 16.5. The van der Waals surface area contributed by atoms with Gasteiger partial charge in [0.2, 0.25) is 0 Å². The highest BCUT2D eigenvalue weighted by Gasteiger charge is 2.25. The van der Waals surface area contributed by atoms with Gasteiger partial charge >= 0.3 is 0 Å². The first-order chi connectivity index (χ1) is 7.36. The molecule has 2 heterocycles. The molecule has 0 bridgehead atoms. The molecular formula is C12H23NO2. The minimum atomic E-state index is 0.272. The second kappa shape index (κ2) is 5.83. The van der Waals surface area contributed by atoms with Crippen LogP contribution in [0.2, 0.25) is 0 Å². The van der Waals surface area contributed by atoms with Crippen LogP contribution in [0.5, 0.6) is 0 Å². The smallest absolute Gasteiger partial charge is 0.0590 e. The monoisotopic (exact) mass is 213 g/mol. The van der Waals surface area contributed by atoms with Gasteiger partial charge in [-0.25, -0.2) is 0 Å². The van der Waals surface area contributed by atoms with Crippen LogP contribution in [0, 0.1) is 5.92 Å². The lowest BCUT2D eigenvalue weighted by atomic mass is 9.89. The van der Waals surface area contributed by atoms with Crippen molar-refractivity contribution in [2.45, 2.75) is 50.7 Å². The van der Waals surface area contributed by atoms with Gasteiger partial charge in [0, 0.05) is 19.3 Å². The first-order valence-corrected chi connectivity index (χ1v) is 6.31. The number of hydrogen-bond acceptors (Lipinski definition) is 3. The largest absolute Gasteiger partial charge is 0.381 e. The fourth-order valence-corrected chi connectivity index (χ4v) is 2.59. The van der Waals surface area contributed by atoms with Crippen molar-refractivity contribution in [1.82, 2.24) is 0 Å². The maximum absolute atomic E-state index is 6.22. The molecular weight excluding hydrogens is 190 g/mol. The summed E-state index contributed by atoms with van der Waals surface area (Å²) in [5, 5.41) is 0. The van der Waals surface area contributed by atoms with Gasteiger partial charge in [0.1, 0.15) is 0 Å².